The Morgan fingerprint density at radius 3 is 2.75 bits per heavy atom. The highest BCUT2D eigenvalue weighted by Gasteiger charge is 2.17. The molecule has 2 aromatic rings. The molecule has 2 rings (SSSR count). The van der Waals surface area contributed by atoms with E-state index in [2.05, 4.69) is 15.1 Å². The van der Waals surface area contributed by atoms with Crippen LogP contribution >= 0.6 is 34.4 Å². The Morgan fingerprint density at radius 1 is 1.50 bits per heavy atom. The van der Waals surface area contributed by atoms with Gasteiger partial charge in [0.1, 0.15) is 8.73 Å². The molecule has 0 saturated carbocycles. The molecule has 0 aliphatic carbocycles. The van der Waals surface area contributed by atoms with E-state index in [1.165, 1.54) is 16.3 Å². The fourth-order valence-electron chi connectivity index (χ4n) is 1.10. The highest BCUT2D eigenvalue weighted by atomic mass is 127. The maximum atomic E-state index is 11.4. The maximum Gasteiger partial charge on any atom is 0.266 e. The van der Waals surface area contributed by atoms with Crippen LogP contribution < -0.4 is 0 Å². The summed E-state index contributed by atoms with van der Waals surface area (Å²) in [6, 6.07) is 0. The van der Waals surface area contributed by atoms with Gasteiger partial charge in [-0.3, -0.25) is 0 Å². The van der Waals surface area contributed by atoms with Crippen LogP contribution in [0.25, 0.3) is 5.65 Å². The molecule has 0 spiro atoms. The standard InChI is InChI=1S/C7H7IN4O2S2/c1-15-6-5-9-3-4(8)12(5)11-7(10-6)16(2,13)14/h3H,1-2H3. The third kappa shape index (κ3) is 2.02. The molecule has 0 saturated heterocycles. The smallest absolute Gasteiger partial charge is 0.232 e. The fraction of sp³-hybridized carbons (Fsp3) is 0.286. The first-order valence-corrected chi connectivity index (χ1v) is 8.28. The summed E-state index contributed by atoms with van der Waals surface area (Å²) in [6.07, 6.45) is 4.52. The molecule has 0 aromatic carbocycles. The lowest BCUT2D eigenvalue weighted by Crippen LogP contribution is -2.10. The predicted octanol–water partition coefficient (Wildman–Crippen LogP) is 0.854. The number of aromatic nitrogens is 4. The Hall–Kier alpha value is -0.420. The van der Waals surface area contributed by atoms with Gasteiger partial charge >= 0.3 is 0 Å². The van der Waals surface area contributed by atoms with Crippen LogP contribution in [0.15, 0.2) is 16.4 Å². The largest absolute Gasteiger partial charge is 0.266 e. The third-order valence-electron chi connectivity index (χ3n) is 1.80. The number of nitrogens with zero attached hydrogens (tertiary/aromatic N) is 4. The van der Waals surface area contributed by atoms with Gasteiger partial charge in [0, 0.05) is 6.26 Å². The van der Waals surface area contributed by atoms with Crippen molar-refractivity contribution in [2.24, 2.45) is 0 Å². The first kappa shape index (κ1) is 12.0. The second-order valence-electron chi connectivity index (χ2n) is 2.99. The molecule has 0 N–H and O–H groups in total. The van der Waals surface area contributed by atoms with Gasteiger partial charge in [0.05, 0.1) is 6.20 Å². The molecule has 86 valence electrons. The van der Waals surface area contributed by atoms with E-state index in [9.17, 15) is 8.42 Å². The molecule has 0 aliphatic heterocycles. The van der Waals surface area contributed by atoms with Gasteiger partial charge < -0.3 is 0 Å². The molecule has 0 fully saturated rings. The van der Waals surface area contributed by atoms with Gasteiger partial charge in [-0.2, -0.15) is 0 Å². The summed E-state index contributed by atoms with van der Waals surface area (Å²) in [6.45, 7) is 0. The van der Waals surface area contributed by atoms with E-state index in [0.717, 1.165) is 9.96 Å². The minimum Gasteiger partial charge on any atom is -0.232 e. The van der Waals surface area contributed by atoms with Crippen LogP contribution in [0.1, 0.15) is 0 Å². The van der Waals surface area contributed by atoms with Gasteiger partial charge in [0.15, 0.2) is 5.65 Å². The lowest BCUT2D eigenvalue weighted by atomic mass is 10.8. The second kappa shape index (κ2) is 4.11. The quantitative estimate of drug-likeness (QED) is 0.577. The Kier molecular flexibility index (Phi) is 3.09. The van der Waals surface area contributed by atoms with E-state index in [-0.39, 0.29) is 5.16 Å². The van der Waals surface area contributed by atoms with Crippen molar-refractivity contribution in [3.63, 3.8) is 0 Å². The van der Waals surface area contributed by atoms with Crippen molar-refractivity contribution in [1.82, 2.24) is 19.6 Å². The molecule has 2 aromatic heterocycles. The third-order valence-corrected chi connectivity index (χ3v) is 4.03. The molecule has 16 heavy (non-hydrogen) atoms. The zero-order chi connectivity index (χ0) is 11.9. The van der Waals surface area contributed by atoms with E-state index >= 15 is 0 Å². The van der Waals surface area contributed by atoms with Crippen LogP contribution in [-0.4, -0.2) is 40.5 Å². The lowest BCUT2D eigenvalue weighted by molar-refractivity contribution is 0.583. The zero-order valence-corrected chi connectivity index (χ0v) is 12.2. The Bertz CT molecular complexity index is 652. The van der Waals surface area contributed by atoms with E-state index < -0.39 is 9.84 Å². The number of imidazole rings is 1. The van der Waals surface area contributed by atoms with Crippen molar-refractivity contribution in [1.29, 1.82) is 0 Å². The molecule has 0 amide bonds. The minimum absolute atomic E-state index is 0.180. The Morgan fingerprint density at radius 2 is 2.19 bits per heavy atom. The van der Waals surface area contributed by atoms with Crippen LogP contribution in [0.2, 0.25) is 0 Å². The summed E-state index contributed by atoms with van der Waals surface area (Å²) in [5.74, 6) is 0. The number of hydrogen-bond donors (Lipinski definition) is 0. The summed E-state index contributed by atoms with van der Waals surface area (Å²) < 4.78 is 25.0. The molecule has 0 radical (unpaired) electrons. The highest BCUT2D eigenvalue weighted by molar-refractivity contribution is 14.1. The summed E-state index contributed by atoms with van der Waals surface area (Å²) in [5.41, 5.74) is 0.573. The van der Waals surface area contributed by atoms with Crippen molar-refractivity contribution in [3.8, 4) is 0 Å². The fourth-order valence-corrected chi connectivity index (χ4v) is 2.62. The van der Waals surface area contributed by atoms with Crippen LogP contribution in [0.5, 0.6) is 0 Å². The van der Waals surface area contributed by atoms with Gasteiger partial charge in [-0.15, -0.1) is 16.9 Å². The molecule has 0 aliphatic rings. The maximum absolute atomic E-state index is 11.4. The number of rotatable bonds is 2. The summed E-state index contributed by atoms with van der Waals surface area (Å²) >= 11 is 3.38. The first-order valence-electron chi connectivity index (χ1n) is 4.09. The van der Waals surface area contributed by atoms with Crippen LogP contribution in [0, 0.1) is 3.70 Å². The van der Waals surface area contributed by atoms with Crippen molar-refractivity contribution >= 4 is 49.8 Å². The zero-order valence-electron chi connectivity index (χ0n) is 8.38. The molecule has 2 heterocycles. The topological polar surface area (TPSA) is 77.2 Å². The molecular weight excluding hydrogens is 363 g/mol. The van der Waals surface area contributed by atoms with Gasteiger partial charge in [-0.1, -0.05) is 0 Å². The van der Waals surface area contributed by atoms with Crippen molar-refractivity contribution in [2.75, 3.05) is 12.5 Å². The van der Waals surface area contributed by atoms with Crippen molar-refractivity contribution in [3.05, 3.63) is 9.90 Å². The number of sulfone groups is 1. The van der Waals surface area contributed by atoms with E-state index in [0.29, 0.717) is 10.7 Å². The summed E-state index contributed by atoms with van der Waals surface area (Å²) in [4.78, 5) is 8.11. The molecule has 9 heteroatoms. The minimum atomic E-state index is -3.41. The first-order chi connectivity index (χ1) is 7.43. The average molecular weight is 370 g/mol. The monoisotopic (exact) mass is 370 g/mol. The Labute approximate surface area is 110 Å². The number of halogens is 1. The molecule has 6 nitrogen and oxygen atoms in total. The summed E-state index contributed by atoms with van der Waals surface area (Å²) in [5, 5.41) is 4.32. The summed E-state index contributed by atoms with van der Waals surface area (Å²) in [7, 11) is -3.41. The normalized spacial score (nSPS) is 12.2. The molecule has 0 bridgehead atoms. The van der Waals surface area contributed by atoms with E-state index in [4.69, 9.17) is 0 Å². The van der Waals surface area contributed by atoms with Gasteiger partial charge in [-0.25, -0.2) is 22.9 Å². The van der Waals surface area contributed by atoms with E-state index in [1.54, 1.807) is 6.20 Å². The molecule has 0 atom stereocenters. The molecular formula is C7H7IN4O2S2. The van der Waals surface area contributed by atoms with Gasteiger partial charge in [0.25, 0.3) is 5.16 Å². The average Bonchev–Trinajstić information content (AvgIpc) is 2.58. The molecule has 0 unspecified atom stereocenters. The van der Waals surface area contributed by atoms with Gasteiger partial charge in [0.2, 0.25) is 9.84 Å². The number of fused-ring (bicyclic) bond motifs is 1. The second-order valence-corrected chi connectivity index (χ2v) is 6.80. The lowest BCUT2D eigenvalue weighted by Gasteiger charge is -2.02. The highest BCUT2D eigenvalue weighted by Crippen LogP contribution is 2.20. The van der Waals surface area contributed by atoms with E-state index in [1.807, 2.05) is 28.8 Å². The Balaban J connectivity index is 2.86. The SMILES string of the molecule is CSc1nc(S(C)(=O)=O)nn2c(I)cnc12. The van der Waals surface area contributed by atoms with Crippen LogP contribution in [-0.2, 0) is 9.84 Å². The predicted molar refractivity (Wildman–Crippen MR) is 68.4 cm³/mol. The van der Waals surface area contributed by atoms with Crippen LogP contribution in [0.4, 0.5) is 0 Å². The van der Waals surface area contributed by atoms with Crippen LogP contribution in [0.3, 0.4) is 0 Å². The number of hydrogen-bond acceptors (Lipinski definition) is 6. The van der Waals surface area contributed by atoms with Crippen molar-refractivity contribution in [2.45, 2.75) is 10.2 Å². The van der Waals surface area contributed by atoms with Gasteiger partial charge in [-0.05, 0) is 28.8 Å². The van der Waals surface area contributed by atoms with Crippen molar-refractivity contribution < 1.29 is 8.42 Å². The number of thioether (sulfide) groups is 1.